The van der Waals surface area contributed by atoms with E-state index in [1.165, 1.54) is 12.1 Å². The van der Waals surface area contributed by atoms with Gasteiger partial charge in [-0.15, -0.1) is 0 Å². The molecule has 1 unspecified atom stereocenters. The number of ketones is 1. The fourth-order valence-corrected chi connectivity index (χ4v) is 3.82. The number of amides is 4. The first kappa shape index (κ1) is 18.6. The lowest BCUT2D eigenvalue weighted by molar-refractivity contribution is -0.171. The van der Waals surface area contributed by atoms with Crippen LogP contribution >= 0.6 is 0 Å². The van der Waals surface area contributed by atoms with E-state index >= 15 is 0 Å². The third kappa shape index (κ3) is 2.50. The number of hydrogen-bond acceptors (Lipinski definition) is 8. The van der Waals surface area contributed by atoms with Crippen LogP contribution in [0.1, 0.15) is 16.8 Å². The highest BCUT2D eigenvalue weighted by atomic mass is 32.2. The summed E-state index contributed by atoms with van der Waals surface area (Å²) in [5, 5.41) is 8.84. The number of hydroxylamine groups is 2. The van der Waals surface area contributed by atoms with Crippen LogP contribution < -0.4 is 4.90 Å². The summed E-state index contributed by atoms with van der Waals surface area (Å²) in [4.78, 5) is 61.2. The summed E-state index contributed by atoms with van der Waals surface area (Å²) < 4.78 is 30.0. The van der Waals surface area contributed by atoms with Gasteiger partial charge < -0.3 is 0 Å². The number of carbonyl (C=O) groups excluding carboxylic acids is 5. The van der Waals surface area contributed by atoms with E-state index < -0.39 is 61.3 Å². The lowest BCUT2D eigenvalue weighted by Crippen LogP contribution is -2.52. The third-order valence-corrected chi connectivity index (χ3v) is 5.57. The van der Waals surface area contributed by atoms with E-state index in [4.69, 9.17) is 0 Å². The Morgan fingerprint density at radius 2 is 1.59 bits per heavy atom. The van der Waals surface area contributed by atoms with Gasteiger partial charge in [0, 0.05) is 17.7 Å². The maximum absolute atomic E-state index is 13.0. The number of carbonyl (C=O) groups is 5. The average molecular weight is 394 g/mol. The first-order valence-electron chi connectivity index (χ1n) is 7.25. The standard InChI is InChI=1S/C15H10N2O9S/c18-10-5-6-11(19)16(10)9-4-2-1-3-8(9)13(21)15(27(24,25)26)7-12(20)17(23)14(15)22/h1-6,23H,7H2,(H,24,25,26). The average Bonchev–Trinajstić information content (AvgIpc) is 3.05. The predicted molar refractivity (Wildman–Crippen MR) is 84.9 cm³/mol. The van der Waals surface area contributed by atoms with Gasteiger partial charge in [-0.3, -0.25) is 33.7 Å². The van der Waals surface area contributed by atoms with Gasteiger partial charge in [-0.2, -0.15) is 13.5 Å². The molecule has 0 aromatic heterocycles. The molecule has 0 saturated carbocycles. The van der Waals surface area contributed by atoms with Gasteiger partial charge in [-0.05, 0) is 12.1 Å². The number of rotatable bonds is 4. The summed E-state index contributed by atoms with van der Waals surface area (Å²) in [6, 6.07) is 4.75. The maximum Gasteiger partial charge on any atom is 0.288 e. The summed E-state index contributed by atoms with van der Waals surface area (Å²) in [6.07, 6.45) is 0.498. The minimum atomic E-state index is -5.52. The SMILES string of the molecule is O=C1CC(C(=O)c2ccccc2N2C(=O)C=CC2=O)(S(=O)(=O)O)C(=O)N1O. The minimum Gasteiger partial charge on any atom is -0.292 e. The Balaban J connectivity index is 2.22. The molecule has 1 saturated heterocycles. The summed E-state index contributed by atoms with van der Waals surface area (Å²) in [7, 11) is -5.52. The molecule has 1 fully saturated rings. The van der Waals surface area contributed by atoms with Crippen molar-refractivity contribution in [3.8, 4) is 0 Å². The van der Waals surface area contributed by atoms with Gasteiger partial charge in [0.2, 0.25) is 4.75 Å². The first-order chi connectivity index (χ1) is 12.5. The van der Waals surface area contributed by atoms with Crippen molar-refractivity contribution in [3.05, 3.63) is 42.0 Å². The van der Waals surface area contributed by atoms with Gasteiger partial charge >= 0.3 is 0 Å². The second kappa shape index (κ2) is 5.90. The zero-order chi connectivity index (χ0) is 20.1. The molecule has 2 heterocycles. The van der Waals surface area contributed by atoms with Crippen molar-refractivity contribution in [3.63, 3.8) is 0 Å². The molecule has 4 amide bonds. The van der Waals surface area contributed by atoms with E-state index in [-0.39, 0.29) is 5.69 Å². The normalized spacial score (nSPS) is 22.9. The van der Waals surface area contributed by atoms with E-state index in [1.54, 1.807) is 0 Å². The lowest BCUT2D eigenvalue weighted by Gasteiger charge is -2.24. The second-order valence-corrected chi connectivity index (χ2v) is 7.33. The van der Waals surface area contributed by atoms with Crippen molar-refractivity contribution < 1.29 is 42.2 Å². The highest BCUT2D eigenvalue weighted by Gasteiger charge is 2.66. The number of nitrogens with zero attached hydrogens (tertiary/aromatic N) is 2. The Labute approximate surface area is 151 Å². The topological polar surface area (TPSA) is 166 Å². The molecule has 3 rings (SSSR count). The smallest absolute Gasteiger partial charge is 0.288 e. The Morgan fingerprint density at radius 1 is 1.04 bits per heavy atom. The van der Waals surface area contributed by atoms with E-state index in [2.05, 4.69) is 0 Å². The van der Waals surface area contributed by atoms with E-state index in [1.807, 2.05) is 0 Å². The van der Waals surface area contributed by atoms with Crippen molar-refractivity contribution in [1.82, 2.24) is 5.06 Å². The van der Waals surface area contributed by atoms with Crippen LogP contribution in [-0.2, 0) is 29.3 Å². The minimum absolute atomic E-state index is 0.345. The molecule has 11 nitrogen and oxygen atoms in total. The number of benzene rings is 1. The molecule has 2 N–H and O–H groups in total. The molecule has 140 valence electrons. The maximum atomic E-state index is 13.0. The second-order valence-electron chi connectivity index (χ2n) is 5.68. The largest absolute Gasteiger partial charge is 0.292 e. The van der Waals surface area contributed by atoms with E-state index in [0.29, 0.717) is 4.90 Å². The monoisotopic (exact) mass is 394 g/mol. The highest BCUT2D eigenvalue weighted by Crippen LogP contribution is 2.37. The molecule has 0 spiro atoms. The number of para-hydroxylation sites is 1. The van der Waals surface area contributed by atoms with Crippen LogP contribution in [0.25, 0.3) is 0 Å². The zero-order valence-electron chi connectivity index (χ0n) is 13.2. The zero-order valence-corrected chi connectivity index (χ0v) is 14.0. The van der Waals surface area contributed by atoms with Gasteiger partial charge in [0.15, 0.2) is 5.78 Å². The van der Waals surface area contributed by atoms with E-state index in [0.717, 1.165) is 24.3 Å². The third-order valence-electron chi connectivity index (χ3n) is 4.18. The summed E-state index contributed by atoms with van der Waals surface area (Å²) in [5.41, 5.74) is -0.931. The molecule has 12 heteroatoms. The van der Waals surface area contributed by atoms with Gasteiger partial charge in [0.1, 0.15) is 0 Å². The fourth-order valence-electron chi connectivity index (χ4n) is 2.86. The first-order valence-corrected chi connectivity index (χ1v) is 8.69. The molecular weight excluding hydrogens is 384 g/mol. The molecule has 1 aromatic carbocycles. The van der Waals surface area contributed by atoms with Gasteiger partial charge in [-0.1, -0.05) is 12.1 Å². The van der Waals surface area contributed by atoms with Crippen LogP contribution in [-0.4, -0.2) is 57.4 Å². The van der Waals surface area contributed by atoms with E-state index in [9.17, 15) is 42.2 Å². The Kier molecular flexibility index (Phi) is 4.06. The van der Waals surface area contributed by atoms with Gasteiger partial charge in [0.05, 0.1) is 12.1 Å². The van der Waals surface area contributed by atoms with Crippen LogP contribution in [0.2, 0.25) is 0 Å². The highest BCUT2D eigenvalue weighted by molar-refractivity contribution is 7.89. The molecule has 2 aliphatic heterocycles. The summed E-state index contributed by atoms with van der Waals surface area (Å²) in [6.45, 7) is 0. The molecule has 2 aliphatic rings. The van der Waals surface area contributed by atoms with Crippen LogP contribution in [0, 0.1) is 0 Å². The van der Waals surface area contributed by atoms with Crippen molar-refractivity contribution >= 4 is 45.2 Å². The molecule has 0 aliphatic carbocycles. The molecule has 27 heavy (non-hydrogen) atoms. The van der Waals surface area contributed by atoms with Crippen LogP contribution in [0.15, 0.2) is 36.4 Å². The molecule has 1 atom stereocenters. The predicted octanol–water partition coefficient (Wildman–Crippen LogP) is -0.927. The Morgan fingerprint density at radius 3 is 2.07 bits per heavy atom. The van der Waals surface area contributed by atoms with Gasteiger partial charge in [0.25, 0.3) is 33.7 Å². The Bertz CT molecular complexity index is 1040. The van der Waals surface area contributed by atoms with Crippen molar-refractivity contribution in [1.29, 1.82) is 0 Å². The summed E-state index contributed by atoms with van der Waals surface area (Å²) >= 11 is 0. The van der Waals surface area contributed by atoms with Crippen molar-refractivity contribution in [2.75, 3.05) is 4.90 Å². The van der Waals surface area contributed by atoms with Crippen LogP contribution in [0.4, 0.5) is 5.69 Å². The summed E-state index contributed by atoms with van der Waals surface area (Å²) in [5.74, 6) is -6.48. The van der Waals surface area contributed by atoms with Crippen molar-refractivity contribution in [2.24, 2.45) is 0 Å². The van der Waals surface area contributed by atoms with Gasteiger partial charge in [-0.25, -0.2) is 4.90 Å². The molecule has 0 bridgehead atoms. The molecule has 0 radical (unpaired) electrons. The molecular formula is C15H10N2O9S. The van der Waals surface area contributed by atoms with Crippen LogP contribution in [0.5, 0.6) is 0 Å². The van der Waals surface area contributed by atoms with Crippen molar-refractivity contribution in [2.45, 2.75) is 11.2 Å². The quantitative estimate of drug-likeness (QED) is 0.216. The number of Topliss-reactive ketones (excluding diaryl/α,β-unsaturated/α-hetero) is 1. The Hall–Kier alpha value is -3.22. The van der Waals surface area contributed by atoms with Crippen LogP contribution in [0.3, 0.4) is 0 Å². The number of hydrogen-bond donors (Lipinski definition) is 2. The number of imide groups is 2. The lowest BCUT2D eigenvalue weighted by atomic mass is 9.93. The fraction of sp³-hybridized carbons (Fsp3) is 0.133. The number of anilines is 1. The molecule has 1 aromatic rings.